The van der Waals surface area contributed by atoms with Crippen LogP contribution in [0.2, 0.25) is 5.02 Å². The van der Waals surface area contributed by atoms with Crippen molar-refractivity contribution in [1.82, 2.24) is 14.3 Å². The van der Waals surface area contributed by atoms with Crippen LogP contribution in [-0.2, 0) is 7.05 Å². The van der Waals surface area contributed by atoms with Crippen LogP contribution in [0.15, 0.2) is 71.5 Å². The van der Waals surface area contributed by atoms with E-state index in [-0.39, 0.29) is 17.2 Å². The Hall–Kier alpha value is -4.30. The molecule has 9 heteroatoms. The molecule has 5 aromatic rings. The maximum atomic E-state index is 14.1. The molecule has 37 heavy (non-hydrogen) atoms. The van der Waals surface area contributed by atoms with Gasteiger partial charge in [0, 0.05) is 35.6 Å². The maximum absolute atomic E-state index is 14.1. The first-order chi connectivity index (χ1) is 17.9. The summed E-state index contributed by atoms with van der Waals surface area (Å²) in [6, 6.07) is 19.8. The molecule has 0 aliphatic heterocycles. The van der Waals surface area contributed by atoms with E-state index in [0.717, 1.165) is 10.9 Å². The van der Waals surface area contributed by atoms with Crippen molar-refractivity contribution in [3.05, 3.63) is 87.8 Å². The molecule has 0 spiro atoms. The van der Waals surface area contributed by atoms with E-state index < -0.39 is 0 Å². The Labute approximate surface area is 218 Å². The number of carbonyl (C=O) groups is 1. The summed E-state index contributed by atoms with van der Waals surface area (Å²) in [5.74, 6) is 0.825. The molecule has 0 bridgehead atoms. The number of amides is 1. The number of methoxy groups -OCH3 is 2. The fraction of sp³-hybridized carbons (Fsp3) is 0.179. The molecule has 0 aliphatic rings. The Balaban J connectivity index is 1.80. The van der Waals surface area contributed by atoms with Crippen molar-refractivity contribution in [2.75, 3.05) is 25.7 Å². The highest BCUT2D eigenvalue weighted by Crippen LogP contribution is 2.31. The highest BCUT2D eigenvalue weighted by molar-refractivity contribution is 6.32. The number of hydrogen-bond acceptors (Lipinski definition) is 5. The van der Waals surface area contributed by atoms with Gasteiger partial charge in [0.15, 0.2) is 5.69 Å². The summed E-state index contributed by atoms with van der Waals surface area (Å²) < 4.78 is 13.5. The van der Waals surface area contributed by atoms with Crippen molar-refractivity contribution in [2.45, 2.75) is 6.92 Å². The van der Waals surface area contributed by atoms with Crippen molar-refractivity contribution in [3.63, 3.8) is 0 Å². The number of para-hydroxylation sites is 1. The van der Waals surface area contributed by atoms with Gasteiger partial charge in [-0.2, -0.15) is 9.78 Å². The molecule has 1 amide bonds. The summed E-state index contributed by atoms with van der Waals surface area (Å²) in [6.45, 7) is 2.29. The number of benzene rings is 3. The molecule has 0 N–H and O–H groups in total. The zero-order chi connectivity index (χ0) is 26.3. The van der Waals surface area contributed by atoms with Crippen LogP contribution in [0, 0.1) is 0 Å². The minimum atomic E-state index is -0.362. The number of rotatable bonds is 6. The van der Waals surface area contributed by atoms with E-state index >= 15 is 0 Å². The molecule has 0 fully saturated rings. The van der Waals surface area contributed by atoms with Crippen LogP contribution in [0.1, 0.15) is 17.4 Å². The number of carbonyl (C=O) groups excluding carboxylic acids is 1. The molecule has 0 atom stereocenters. The molecule has 2 heterocycles. The third-order valence-corrected chi connectivity index (χ3v) is 6.76. The number of ether oxygens (including phenoxy) is 2. The highest BCUT2D eigenvalue weighted by atomic mass is 35.5. The largest absolute Gasteiger partial charge is 0.497 e. The Morgan fingerprint density at radius 2 is 1.76 bits per heavy atom. The second-order valence-electron chi connectivity index (χ2n) is 8.43. The lowest BCUT2D eigenvalue weighted by atomic mass is 10.1. The first kappa shape index (κ1) is 24.4. The average Bonchev–Trinajstić information content (AvgIpc) is 3.22. The second kappa shape index (κ2) is 9.63. The van der Waals surface area contributed by atoms with Crippen molar-refractivity contribution in [1.29, 1.82) is 0 Å². The zero-order valence-corrected chi connectivity index (χ0v) is 21.6. The second-order valence-corrected chi connectivity index (χ2v) is 8.84. The van der Waals surface area contributed by atoms with E-state index in [2.05, 4.69) is 5.10 Å². The van der Waals surface area contributed by atoms with Gasteiger partial charge in [-0.15, -0.1) is 0 Å². The first-order valence-electron chi connectivity index (χ1n) is 11.7. The van der Waals surface area contributed by atoms with Gasteiger partial charge in [0.25, 0.3) is 11.5 Å². The number of aryl methyl sites for hydroxylation is 1. The Kier molecular flexibility index (Phi) is 6.35. The van der Waals surface area contributed by atoms with Crippen molar-refractivity contribution >= 4 is 45.0 Å². The normalized spacial score (nSPS) is 11.2. The van der Waals surface area contributed by atoms with Gasteiger partial charge in [-0.05, 0) is 55.5 Å². The first-order valence-corrected chi connectivity index (χ1v) is 12.1. The summed E-state index contributed by atoms with van der Waals surface area (Å²) in [7, 11) is 4.92. The van der Waals surface area contributed by atoms with E-state index in [1.165, 1.54) is 11.8 Å². The molecule has 5 rings (SSSR count). The van der Waals surface area contributed by atoms with Crippen molar-refractivity contribution < 1.29 is 14.3 Å². The molecule has 0 radical (unpaired) electrons. The maximum Gasteiger partial charge on any atom is 0.296 e. The number of fused-ring (bicyclic) bond motifs is 3. The third kappa shape index (κ3) is 3.99. The average molecular weight is 517 g/mol. The molecule has 0 aliphatic carbocycles. The predicted molar refractivity (Wildman–Crippen MR) is 146 cm³/mol. The standard InChI is InChI=1S/C28H25ClN4O4/c1-5-32(17-10-13-19(36-3)14-11-17)27(34)25-24-20-8-6-7-9-22(20)31(2)26(24)28(35)33(30-25)18-12-15-23(37-4)21(29)16-18/h6-16H,5H2,1-4H3. The van der Waals surface area contributed by atoms with Crippen LogP contribution in [0.5, 0.6) is 11.5 Å². The van der Waals surface area contributed by atoms with Gasteiger partial charge in [0.1, 0.15) is 17.0 Å². The Bertz CT molecular complexity index is 1710. The van der Waals surface area contributed by atoms with Crippen LogP contribution in [0.4, 0.5) is 5.69 Å². The summed E-state index contributed by atoms with van der Waals surface area (Å²) in [4.78, 5) is 29.6. The number of anilines is 1. The minimum Gasteiger partial charge on any atom is -0.497 e. The summed E-state index contributed by atoms with van der Waals surface area (Å²) in [5, 5.41) is 6.25. The molecule has 3 aromatic carbocycles. The Morgan fingerprint density at radius 3 is 2.41 bits per heavy atom. The van der Waals surface area contributed by atoms with Gasteiger partial charge in [-0.25, -0.2) is 0 Å². The monoisotopic (exact) mass is 516 g/mol. The van der Waals surface area contributed by atoms with Crippen LogP contribution >= 0.6 is 11.6 Å². The molecule has 188 valence electrons. The van der Waals surface area contributed by atoms with E-state index in [1.54, 1.807) is 46.9 Å². The van der Waals surface area contributed by atoms with Gasteiger partial charge in [0.05, 0.1) is 24.9 Å². The van der Waals surface area contributed by atoms with E-state index in [0.29, 0.717) is 45.3 Å². The smallest absolute Gasteiger partial charge is 0.296 e. The topological polar surface area (TPSA) is 78.6 Å². The van der Waals surface area contributed by atoms with Crippen LogP contribution in [0.3, 0.4) is 0 Å². The highest BCUT2D eigenvalue weighted by Gasteiger charge is 2.27. The zero-order valence-electron chi connectivity index (χ0n) is 20.9. The van der Waals surface area contributed by atoms with Gasteiger partial charge in [-0.1, -0.05) is 29.8 Å². The van der Waals surface area contributed by atoms with Crippen molar-refractivity contribution in [2.24, 2.45) is 7.05 Å². The number of hydrogen-bond donors (Lipinski definition) is 0. The predicted octanol–water partition coefficient (Wildman–Crippen LogP) is 5.21. The summed E-state index contributed by atoms with van der Waals surface area (Å²) in [5.41, 5.74) is 2.11. The number of halogens is 1. The van der Waals surface area contributed by atoms with E-state index in [9.17, 15) is 9.59 Å². The fourth-order valence-corrected chi connectivity index (χ4v) is 4.88. The van der Waals surface area contributed by atoms with Crippen LogP contribution in [0.25, 0.3) is 27.5 Å². The van der Waals surface area contributed by atoms with Gasteiger partial charge >= 0.3 is 0 Å². The van der Waals surface area contributed by atoms with E-state index in [1.807, 2.05) is 50.4 Å². The molecule has 0 saturated carbocycles. The SMILES string of the molecule is CCN(C(=O)c1nn(-c2ccc(OC)c(Cl)c2)c(=O)c2c1c1ccccc1n2C)c1ccc(OC)cc1. The van der Waals surface area contributed by atoms with Crippen molar-refractivity contribution in [3.8, 4) is 17.2 Å². The quantitative estimate of drug-likeness (QED) is 0.309. The van der Waals surface area contributed by atoms with Crippen LogP contribution in [-0.4, -0.2) is 41.0 Å². The van der Waals surface area contributed by atoms with Gasteiger partial charge in [-0.3, -0.25) is 9.59 Å². The molecule has 0 unspecified atom stereocenters. The number of nitrogens with zero attached hydrogens (tertiary/aromatic N) is 4. The number of aromatic nitrogens is 3. The molecular weight excluding hydrogens is 492 g/mol. The molecular formula is C28H25ClN4O4. The molecule has 0 saturated heterocycles. The third-order valence-electron chi connectivity index (χ3n) is 6.47. The Morgan fingerprint density at radius 1 is 1.03 bits per heavy atom. The van der Waals surface area contributed by atoms with E-state index in [4.69, 9.17) is 21.1 Å². The lowest BCUT2D eigenvalue weighted by Crippen LogP contribution is -2.34. The fourth-order valence-electron chi connectivity index (χ4n) is 4.62. The molecule has 8 nitrogen and oxygen atoms in total. The minimum absolute atomic E-state index is 0.163. The summed E-state index contributed by atoms with van der Waals surface area (Å²) >= 11 is 6.37. The lowest BCUT2D eigenvalue weighted by Gasteiger charge is -2.22. The van der Waals surface area contributed by atoms with Crippen LogP contribution < -0.4 is 19.9 Å². The van der Waals surface area contributed by atoms with Gasteiger partial charge in [0.2, 0.25) is 0 Å². The molecule has 2 aromatic heterocycles. The summed E-state index contributed by atoms with van der Waals surface area (Å²) in [6.07, 6.45) is 0. The van der Waals surface area contributed by atoms with Gasteiger partial charge < -0.3 is 18.9 Å². The lowest BCUT2D eigenvalue weighted by molar-refractivity contribution is 0.0983.